The largest absolute Gasteiger partial charge is 0.490 e. The highest BCUT2D eigenvalue weighted by atomic mass is 35.5. The number of nitriles is 1. The Morgan fingerprint density at radius 2 is 1.85 bits per heavy atom. The van der Waals surface area contributed by atoms with Crippen LogP contribution in [0.2, 0.25) is 5.02 Å². The van der Waals surface area contributed by atoms with Crippen LogP contribution in [0.1, 0.15) is 25.0 Å². The van der Waals surface area contributed by atoms with E-state index in [1.54, 1.807) is 24.3 Å². The van der Waals surface area contributed by atoms with Crippen LogP contribution in [0.4, 0.5) is 5.69 Å². The lowest BCUT2D eigenvalue weighted by Gasteiger charge is -2.13. The Kier molecular flexibility index (Phi) is 7.27. The molecule has 0 fully saturated rings. The molecule has 0 aliphatic rings. The summed E-state index contributed by atoms with van der Waals surface area (Å²) < 4.78 is 11.1. The van der Waals surface area contributed by atoms with Crippen molar-refractivity contribution in [1.82, 2.24) is 0 Å². The van der Waals surface area contributed by atoms with Crippen LogP contribution in [-0.4, -0.2) is 19.1 Å². The van der Waals surface area contributed by atoms with E-state index in [4.69, 9.17) is 21.1 Å². The zero-order valence-electron chi connectivity index (χ0n) is 15.5. The van der Waals surface area contributed by atoms with Crippen LogP contribution in [0.5, 0.6) is 11.5 Å². The Morgan fingerprint density at radius 1 is 1.19 bits per heavy atom. The van der Waals surface area contributed by atoms with Crippen LogP contribution in [0.3, 0.4) is 0 Å². The molecule has 0 bridgehead atoms. The van der Waals surface area contributed by atoms with E-state index in [-0.39, 0.29) is 5.57 Å². The van der Waals surface area contributed by atoms with Gasteiger partial charge >= 0.3 is 0 Å². The van der Waals surface area contributed by atoms with Gasteiger partial charge in [0.2, 0.25) is 0 Å². The topological polar surface area (TPSA) is 71.3 Å². The first-order valence-electron chi connectivity index (χ1n) is 8.57. The summed E-state index contributed by atoms with van der Waals surface area (Å²) in [5.41, 5.74) is 2.23. The fourth-order valence-electron chi connectivity index (χ4n) is 2.37. The molecule has 0 saturated carbocycles. The van der Waals surface area contributed by atoms with E-state index < -0.39 is 5.91 Å². The molecule has 0 aliphatic carbocycles. The molecular weight excluding hydrogens is 364 g/mol. The van der Waals surface area contributed by atoms with Gasteiger partial charge in [0.1, 0.15) is 11.6 Å². The van der Waals surface area contributed by atoms with E-state index in [2.05, 4.69) is 5.32 Å². The third-order valence-corrected chi connectivity index (χ3v) is 3.89. The molecule has 5 nitrogen and oxygen atoms in total. The molecule has 1 amide bonds. The van der Waals surface area contributed by atoms with Crippen molar-refractivity contribution >= 4 is 29.3 Å². The lowest BCUT2D eigenvalue weighted by molar-refractivity contribution is -0.112. The molecule has 6 heteroatoms. The number of halogens is 1. The van der Waals surface area contributed by atoms with Crippen molar-refractivity contribution in [1.29, 1.82) is 5.26 Å². The van der Waals surface area contributed by atoms with Crippen molar-refractivity contribution in [3.8, 4) is 17.6 Å². The Bertz CT molecular complexity index is 884. The molecule has 2 rings (SSSR count). The third kappa shape index (κ3) is 5.50. The van der Waals surface area contributed by atoms with Crippen molar-refractivity contribution in [3.63, 3.8) is 0 Å². The van der Waals surface area contributed by atoms with Gasteiger partial charge in [0.15, 0.2) is 11.5 Å². The number of carbonyl (C=O) groups excluding carboxylic acids is 1. The van der Waals surface area contributed by atoms with Gasteiger partial charge < -0.3 is 14.8 Å². The minimum atomic E-state index is -0.496. The fourth-order valence-corrected chi connectivity index (χ4v) is 2.64. The highest BCUT2D eigenvalue weighted by molar-refractivity contribution is 6.32. The number of nitrogens with zero attached hydrogens (tertiary/aromatic N) is 1. The van der Waals surface area contributed by atoms with E-state index in [1.807, 2.05) is 39.0 Å². The van der Waals surface area contributed by atoms with Gasteiger partial charge in [-0.1, -0.05) is 29.3 Å². The molecule has 0 atom stereocenters. The number of hydrogen-bond donors (Lipinski definition) is 1. The van der Waals surface area contributed by atoms with Gasteiger partial charge in [-0.3, -0.25) is 4.79 Å². The van der Waals surface area contributed by atoms with Gasteiger partial charge in [0, 0.05) is 5.69 Å². The van der Waals surface area contributed by atoms with Gasteiger partial charge in [-0.25, -0.2) is 0 Å². The lowest BCUT2D eigenvalue weighted by Crippen LogP contribution is -2.13. The van der Waals surface area contributed by atoms with Crippen LogP contribution >= 0.6 is 11.6 Å². The monoisotopic (exact) mass is 384 g/mol. The maximum absolute atomic E-state index is 12.4. The molecule has 0 radical (unpaired) electrons. The minimum Gasteiger partial charge on any atom is -0.490 e. The van der Waals surface area contributed by atoms with Crippen molar-refractivity contribution in [3.05, 3.63) is 58.1 Å². The van der Waals surface area contributed by atoms with Crippen LogP contribution < -0.4 is 14.8 Å². The number of aryl methyl sites for hydroxylation is 1. The smallest absolute Gasteiger partial charge is 0.266 e. The summed E-state index contributed by atoms with van der Waals surface area (Å²) in [6.45, 7) is 6.53. The second-order valence-electron chi connectivity index (χ2n) is 5.69. The summed E-state index contributed by atoms with van der Waals surface area (Å²) in [6, 6.07) is 12.6. The minimum absolute atomic E-state index is 0.0433. The molecule has 1 N–H and O–H groups in total. The number of nitrogens with one attached hydrogen (secondary N) is 1. The van der Waals surface area contributed by atoms with E-state index in [0.717, 1.165) is 5.56 Å². The van der Waals surface area contributed by atoms with Gasteiger partial charge in [-0.05, 0) is 56.7 Å². The van der Waals surface area contributed by atoms with Crippen LogP contribution in [0.15, 0.2) is 42.0 Å². The van der Waals surface area contributed by atoms with E-state index in [0.29, 0.717) is 41.0 Å². The summed E-state index contributed by atoms with van der Waals surface area (Å²) in [7, 11) is 0. The van der Waals surface area contributed by atoms with Crippen molar-refractivity contribution in [2.24, 2.45) is 0 Å². The predicted octanol–water partition coefficient (Wildman–Crippen LogP) is 4.99. The maximum Gasteiger partial charge on any atom is 0.266 e. The zero-order valence-corrected chi connectivity index (χ0v) is 16.3. The van der Waals surface area contributed by atoms with Crippen LogP contribution in [-0.2, 0) is 4.79 Å². The van der Waals surface area contributed by atoms with Crippen LogP contribution in [0.25, 0.3) is 6.08 Å². The number of amides is 1. The SMILES string of the molecule is CCOc1cc(/C=C(\C#N)C(=O)Nc2ccc(C)cc2)cc(Cl)c1OCC. The summed E-state index contributed by atoms with van der Waals surface area (Å²) in [4.78, 5) is 12.4. The molecule has 0 unspecified atom stereocenters. The first-order chi connectivity index (χ1) is 13.0. The third-order valence-electron chi connectivity index (χ3n) is 3.61. The van der Waals surface area contributed by atoms with E-state index in [1.165, 1.54) is 6.08 Å². The molecule has 2 aromatic carbocycles. The highest BCUT2D eigenvalue weighted by Gasteiger charge is 2.14. The number of rotatable bonds is 7. The second kappa shape index (κ2) is 9.65. The summed E-state index contributed by atoms with van der Waals surface area (Å²) in [5, 5.41) is 12.5. The molecular formula is C21H21ClN2O3. The average molecular weight is 385 g/mol. The number of ether oxygens (including phenoxy) is 2. The number of benzene rings is 2. The van der Waals surface area contributed by atoms with Gasteiger partial charge in [-0.15, -0.1) is 0 Å². The molecule has 140 valence electrons. The van der Waals surface area contributed by atoms with Crippen molar-refractivity contribution in [2.45, 2.75) is 20.8 Å². The number of carbonyl (C=O) groups is 1. The Balaban J connectivity index is 2.31. The zero-order chi connectivity index (χ0) is 19.8. The number of hydrogen-bond acceptors (Lipinski definition) is 4. The first-order valence-corrected chi connectivity index (χ1v) is 8.95. The molecule has 0 heterocycles. The molecule has 0 saturated heterocycles. The second-order valence-corrected chi connectivity index (χ2v) is 6.09. The molecule has 0 aliphatic heterocycles. The predicted molar refractivity (Wildman–Crippen MR) is 107 cm³/mol. The summed E-state index contributed by atoms with van der Waals surface area (Å²) in [5.74, 6) is 0.416. The molecule has 2 aromatic rings. The summed E-state index contributed by atoms with van der Waals surface area (Å²) in [6.07, 6.45) is 1.47. The highest BCUT2D eigenvalue weighted by Crippen LogP contribution is 2.37. The Labute approximate surface area is 164 Å². The van der Waals surface area contributed by atoms with Gasteiger partial charge in [0.05, 0.1) is 18.2 Å². The normalized spacial score (nSPS) is 10.9. The lowest BCUT2D eigenvalue weighted by atomic mass is 10.1. The van der Waals surface area contributed by atoms with Gasteiger partial charge in [-0.2, -0.15) is 5.26 Å². The van der Waals surface area contributed by atoms with E-state index >= 15 is 0 Å². The van der Waals surface area contributed by atoms with Gasteiger partial charge in [0.25, 0.3) is 5.91 Å². The molecule has 0 aromatic heterocycles. The quantitative estimate of drug-likeness (QED) is 0.539. The maximum atomic E-state index is 12.4. The fraction of sp³-hybridized carbons (Fsp3) is 0.238. The van der Waals surface area contributed by atoms with E-state index in [9.17, 15) is 10.1 Å². The van der Waals surface area contributed by atoms with Crippen molar-refractivity contribution in [2.75, 3.05) is 18.5 Å². The van der Waals surface area contributed by atoms with Crippen LogP contribution in [0, 0.1) is 18.3 Å². The molecule has 27 heavy (non-hydrogen) atoms. The Morgan fingerprint density at radius 3 is 2.44 bits per heavy atom. The van der Waals surface area contributed by atoms with Crippen molar-refractivity contribution < 1.29 is 14.3 Å². The first kappa shape index (κ1) is 20.3. The molecule has 0 spiro atoms. The summed E-state index contributed by atoms with van der Waals surface area (Å²) >= 11 is 6.28. The Hall–Kier alpha value is -2.97. The number of anilines is 1. The average Bonchev–Trinajstić information content (AvgIpc) is 2.64. The standard InChI is InChI=1S/C21H21ClN2O3/c1-4-26-19-12-15(11-18(22)20(19)27-5-2)10-16(13-23)21(25)24-17-8-6-14(3)7-9-17/h6-12H,4-5H2,1-3H3,(H,24,25)/b16-10+.